The largest absolute Gasteiger partial charge is 0.370 e. The van der Waals surface area contributed by atoms with Crippen molar-refractivity contribution < 1.29 is 4.74 Å². The van der Waals surface area contributed by atoms with Crippen LogP contribution in [0.25, 0.3) is 20.4 Å². The Bertz CT molecular complexity index is 1160. The number of thioether (sulfide) groups is 1. The Hall–Kier alpha value is -1.44. The van der Waals surface area contributed by atoms with E-state index in [1.807, 2.05) is 0 Å². The molecule has 0 N–H and O–H groups in total. The minimum Gasteiger partial charge on any atom is -0.370 e. The molecule has 1 saturated heterocycles. The van der Waals surface area contributed by atoms with Crippen LogP contribution in [0.1, 0.15) is 64.3 Å². The lowest BCUT2D eigenvalue weighted by atomic mass is 9.88. The van der Waals surface area contributed by atoms with Gasteiger partial charge in [-0.15, -0.1) is 11.3 Å². The third kappa shape index (κ3) is 4.01. The molecule has 3 aromatic rings. The summed E-state index contributed by atoms with van der Waals surface area (Å²) in [4.78, 5) is 18.9. The van der Waals surface area contributed by atoms with Crippen molar-refractivity contribution in [2.75, 3.05) is 24.2 Å². The van der Waals surface area contributed by atoms with Gasteiger partial charge in [0, 0.05) is 36.2 Å². The topological polar surface area (TPSA) is 51.1 Å². The van der Waals surface area contributed by atoms with E-state index in [2.05, 4.69) is 45.8 Å². The van der Waals surface area contributed by atoms with E-state index in [1.165, 1.54) is 39.7 Å². The number of hydrogen-bond donors (Lipinski definition) is 0. The molecule has 5 heterocycles. The number of rotatable bonds is 4. The van der Waals surface area contributed by atoms with Crippen molar-refractivity contribution >= 4 is 49.3 Å². The van der Waals surface area contributed by atoms with E-state index in [4.69, 9.17) is 19.7 Å². The molecule has 1 fully saturated rings. The molecule has 32 heavy (non-hydrogen) atoms. The molecule has 0 saturated carbocycles. The fourth-order valence-corrected chi connectivity index (χ4v) is 6.53. The molecule has 0 atom stereocenters. The fourth-order valence-electron chi connectivity index (χ4n) is 4.99. The summed E-state index contributed by atoms with van der Waals surface area (Å²) in [6, 6.07) is 0. The van der Waals surface area contributed by atoms with Crippen LogP contribution in [0.4, 0.5) is 5.82 Å². The molecule has 3 aromatic heterocycles. The Morgan fingerprint density at radius 2 is 1.91 bits per heavy atom. The van der Waals surface area contributed by atoms with Gasteiger partial charge in [0.2, 0.25) is 0 Å². The molecule has 0 bridgehead atoms. The third-order valence-electron chi connectivity index (χ3n) is 6.80. The van der Waals surface area contributed by atoms with Crippen molar-refractivity contribution in [1.29, 1.82) is 0 Å². The standard InChI is InChI=1S/C25H34N4OS2/c1-14(2)11-18-17-13-30-25(4,5)12-16(17)19-20-21(32-23(19)26-18)22(28-24(27-20)31-6)29-9-7-15(3)8-10-29/h14-15H,7-13H2,1-6H3. The van der Waals surface area contributed by atoms with E-state index in [-0.39, 0.29) is 5.60 Å². The number of piperidine rings is 1. The molecule has 5 nitrogen and oxygen atoms in total. The zero-order chi connectivity index (χ0) is 22.6. The highest BCUT2D eigenvalue weighted by atomic mass is 32.2. The van der Waals surface area contributed by atoms with Crippen LogP contribution in [-0.2, 0) is 24.2 Å². The van der Waals surface area contributed by atoms with Crippen molar-refractivity contribution in [3.63, 3.8) is 0 Å². The first-order valence-electron chi connectivity index (χ1n) is 11.8. The van der Waals surface area contributed by atoms with E-state index >= 15 is 0 Å². The number of aromatic nitrogens is 3. The highest BCUT2D eigenvalue weighted by Crippen LogP contribution is 2.44. The Kier molecular flexibility index (Phi) is 5.87. The van der Waals surface area contributed by atoms with Crippen molar-refractivity contribution in [3.8, 4) is 0 Å². The van der Waals surface area contributed by atoms with Gasteiger partial charge in [-0.3, -0.25) is 0 Å². The van der Waals surface area contributed by atoms with Crippen LogP contribution in [0.5, 0.6) is 0 Å². The summed E-state index contributed by atoms with van der Waals surface area (Å²) in [6.07, 6.45) is 6.40. The SMILES string of the molecule is CSc1nc(N2CCC(C)CC2)c2sc3nc(CC(C)C)c4c(c3c2n1)CC(C)(C)OC4. The van der Waals surface area contributed by atoms with Crippen LogP contribution < -0.4 is 4.90 Å². The van der Waals surface area contributed by atoms with Gasteiger partial charge in [0.1, 0.15) is 4.83 Å². The van der Waals surface area contributed by atoms with Crippen molar-refractivity contribution in [1.82, 2.24) is 15.0 Å². The number of hydrogen-bond acceptors (Lipinski definition) is 7. The zero-order valence-electron chi connectivity index (χ0n) is 20.1. The second-order valence-corrected chi connectivity index (χ2v) is 12.3. The minimum atomic E-state index is -0.175. The van der Waals surface area contributed by atoms with Gasteiger partial charge in [-0.2, -0.15) is 0 Å². The maximum Gasteiger partial charge on any atom is 0.189 e. The monoisotopic (exact) mass is 470 g/mol. The third-order valence-corrected chi connectivity index (χ3v) is 8.42. The molecule has 2 aliphatic heterocycles. The Morgan fingerprint density at radius 1 is 1.16 bits per heavy atom. The van der Waals surface area contributed by atoms with Gasteiger partial charge in [0.15, 0.2) is 11.0 Å². The number of thiophene rings is 1. The first kappa shape index (κ1) is 22.4. The summed E-state index contributed by atoms with van der Waals surface area (Å²) < 4.78 is 7.45. The first-order chi connectivity index (χ1) is 15.3. The number of fused-ring (bicyclic) bond motifs is 5. The molecule has 7 heteroatoms. The van der Waals surface area contributed by atoms with Gasteiger partial charge in [-0.1, -0.05) is 32.5 Å². The summed E-state index contributed by atoms with van der Waals surface area (Å²) in [6.45, 7) is 14.1. The predicted molar refractivity (Wildman–Crippen MR) is 136 cm³/mol. The summed E-state index contributed by atoms with van der Waals surface area (Å²) in [5.74, 6) is 2.46. The van der Waals surface area contributed by atoms with Gasteiger partial charge in [-0.25, -0.2) is 15.0 Å². The molecule has 0 spiro atoms. The molecule has 0 unspecified atom stereocenters. The van der Waals surface area contributed by atoms with Gasteiger partial charge in [0.25, 0.3) is 0 Å². The van der Waals surface area contributed by atoms with Crippen LogP contribution in [0.2, 0.25) is 0 Å². The molecule has 0 aliphatic carbocycles. The smallest absolute Gasteiger partial charge is 0.189 e. The van der Waals surface area contributed by atoms with Gasteiger partial charge < -0.3 is 9.64 Å². The number of anilines is 1. The van der Waals surface area contributed by atoms with E-state index < -0.39 is 0 Å². The van der Waals surface area contributed by atoms with Crippen molar-refractivity contribution in [2.24, 2.45) is 11.8 Å². The van der Waals surface area contributed by atoms with Crippen molar-refractivity contribution in [3.05, 3.63) is 16.8 Å². The molecule has 0 radical (unpaired) electrons. The van der Waals surface area contributed by atoms with Crippen LogP contribution in [-0.4, -0.2) is 39.9 Å². The Morgan fingerprint density at radius 3 is 2.59 bits per heavy atom. The van der Waals surface area contributed by atoms with Crippen molar-refractivity contribution in [2.45, 2.75) is 77.7 Å². The Labute approximate surface area is 199 Å². The van der Waals surface area contributed by atoms with Gasteiger partial charge >= 0.3 is 0 Å². The Balaban J connectivity index is 1.77. The summed E-state index contributed by atoms with van der Waals surface area (Å²) in [5, 5.41) is 2.10. The van der Waals surface area contributed by atoms with Gasteiger partial charge in [0.05, 0.1) is 22.4 Å². The maximum absolute atomic E-state index is 6.24. The summed E-state index contributed by atoms with van der Waals surface area (Å²) >= 11 is 3.42. The number of pyridine rings is 1. The van der Waals surface area contributed by atoms with E-state index in [9.17, 15) is 0 Å². The second kappa shape index (κ2) is 8.41. The first-order valence-corrected chi connectivity index (χ1v) is 13.9. The zero-order valence-corrected chi connectivity index (χ0v) is 21.8. The summed E-state index contributed by atoms with van der Waals surface area (Å²) in [7, 11) is 0. The predicted octanol–water partition coefficient (Wildman–Crippen LogP) is 6.25. The molecule has 5 rings (SSSR count). The average molecular weight is 471 g/mol. The maximum atomic E-state index is 6.24. The van der Waals surface area contributed by atoms with Gasteiger partial charge in [-0.05, 0) is 56.8 Å². The molecule has 0 aromatic carbocycles. The average Bonchev–Trinajstić information content (AvgIpc) is 3.10. The molecule has 0 amide bonds. The molecule has 172 valence electrons. The highest BCUT2D eigenvalue weighted by Gasteiger charge is 2.32. The van der Waals surface area contributed by atoms with Crippen LogP contribution in [0.15, 0.2) is 5.16 Å². The fraction of sp³-hybridized carbons (Fsp3) is 0.640. The number of ether oxygens (including phenoxy) is 1. The summed E-state index contributed by atoms with van der Waals surface area (Å²) in [5.41, 5.74) is 4.82. The minimum absolute atomic E-state index is 0.175. The van der Waals surface area contributed by atoms with E-state index in [1.54, 1.807) is 23.1 Å². The van der Waals surface area contributed by atoms with E-state index in [0.717, 1.165) is 53.2 Å². The highest BCUT2D eigenvalue weighted by molar-refractivity contribution is 7.98. The lowest BCUT2D eigenvalue weighted by Gasteiger charge is -2.33. The molecular formula is C25H34N4OS2. The molecular weight excluding hydrogens is 436 g/mol. The van der Waals surface area contributed by atoms with Crippen LogP contribution in [0.3, 0.4) is 0 Å². The van der Waals surface area contributed by atoms with E-state index in [0.29, 0.717) is 12.5 Å². The number of nitrogens with zero attached hydrogens (tertiary/aromatic N) is 4. The normalized spacial score (nSPS) is 19.3. The quantitative estimate of drug-likeness (QED) is 0.332. The lowest BCUT2D eigenvalue weighted by Crippen LogP contribution is -2.33. The molecule has 2 aliphatic rings. The lowest BCUT2D eigenvalue weighted by molar-refractivity contribution is -0.0402. The van der Waals surface area contributed by atoms with Crippen LogP contribution in [0, 0.1) is 11.8 Å². The second-order valence-electron chi connectivity index (χ2n) is 10.5. The van der Waals surface area contributed by atoms with Crippen LogP contribution >= 0.6 is 23.1 Å².